The molecule has 0 saturated carbocycles. The molecular weight excluding hydrogens is 482 g/mol. The minimum atomic E-state index is 0.582. The molecular formula is C29H25N5S2. The van der Waals surface area contributed by atoms with Crippen molar-refractivity contribution in [2.75, 3.05) is 6.54 Å². The SMILES string of the molecule is S=C(CN=Cc1cccnc1)Cc1ccccc1.c1ccc(Cc2nnc(-c3cccnc3)s2)cc1. The Morgan fingerprint density at radius 2 is 1.47 bits per heavy atom. The highest BCUT2D eigenvalue weighted by molar-refractivity contribution is 7.80. The topological polar surface area (TPSA) is 63.9 Å². The Hall–Kier alpha value is -3.94. The summed E-state index contributed by atoms with van der Waals surface area (Å²) in [5.74, 6) is 0. The Kier molecular flexibility index (Phi) is 9.66. The Bertz CT molecular complexity index is 1360. The molecule has 0 bridgehead atoms. The van der Waals surface area contributed by atoms with Gasteiger partial charge in [-0.15, -0.1) is 10.2 Å². The molecule has 0 unspecified atom stereocenters. The molecule has 3 heterocycles. The van der Waals surface area contributed by atoms with Gasteiger partial charge in [-0.25, -0.2) is 0 Å². The van der Waals surface area contributed by atoms with E-state index in [-0.39, 0.29) is 0 Å². The van der Waals surface area contributed by atoms with Gasteiger partial charge in [-0.2, -0.15) is 0 Å². The summed E-state index contributed by atoms with van der Waals surface area (Å²) in [4.78, 5) is 13.4. The van der Waals surface area contributed by atoms with Gasteiger partial charge in [-0.1, -0.05) is 90.3 Å². The van der Waals surface area contributed by atoms with Crippen molar-refractivity contribution in [2.24, 2.45) is 4.99 Å². The number of aliphatic imine (C=N–C) groups is 1. The van der Waals surface area contributed by atoms with Crippen molar-refractivity contribution in [2.45, 2.75) is 12.8 Å². The van der Waals surface area contributed by atoms with E-state index in [4.69, 9.17) is 12.2 Å². The summed E-state index contributed by atoms with van der Waals surface area (Å²) in [6.45, 7) is 0.582. The fourth-order valence-corrected chi connectivity index (χ4v) is 4.39. The second-order valence-corrected chi connectivity index (χ2v) is 9.50. The van der Waals surface area contributed by atoms with Gasteiger partial charge >= 0.3 is 0 Å². The second-order valence-electron chi connectivity index (χ2n) is 7.86. The summed E-state index contributed by atoms with van der Waals surface area (Å²) in [6.07, 6.45) is 10.5. The van der Waals surface area contributed by atoms with Crippen LogP contribution in [0.2, 0.25) is 0 Å². The summed E-state index contributed by atoms with van der Waals surface area (Å²) < 4.78 is 0. The number of hydrogen-bond acceptors (Lipinski definition) is 7. The van der Waals surface area contributed by atoms with E-state index in [1.54, 1.807) is 29.9 Å². The van der Waals surface area contributed by atoms with Crippen molar-refractivity contribution >= 4 is 34.6 Å². The smallest absolute Gasteiger partial charge is 0.149 e. The van der Waals surface area contributed by atoms with Crippen molar-refractivity contribution in [1.29, 1.82) is 0 Å². The molecule has 2 aromatic carbocycles. The van der Waals surface area contributed by atoms with E-state index in [2.05, 4.69) is 49.4 Å². The molecule has 5 aromatic rings. The normalized spacial score (nSPS) is 10.6. The van der Waals surface area contributed by atoms with Crippen LogP contribution < -0.4 is 0 Å². The van der Waals surface area contributed by atoms with Gasteiger partial charge in [-0.05, 0) is 29.3 Å². The predicted octanol–water partition coefficient (Wildman–Crippen LogP) is 6.30. The van der Waals surface area contributed by atoms with Crippen molar-refractivity contribution in [1.82, 2.24) is 20.2 Å². The number of benzene rings is 2. The number of aromatic nitrogens is 4. The van der Waals surface area contributed by atoms with Crippen molar-refractivity contribution in [3.05, 3.63) is 131 Å². The van der Waals surface area contributed by atoms with Crippen molar-refractivity contribution in [3.63, 3.8) is 0 Å². The average Bonchev–Trinajstić information content (AvgIpc) is 3.40. The molecule has 3 aromatic heterocycles. The summed E-state index contributed by atoms with van der Waals surface area (Å²) in [5, 5.41) is 10.4. The molecule has 7 heteroatoms. The maximum absolute atomic E-state index is 5.32. The number of hydrogen-bond donors (Lipinski definition) is 0. The predicted molar refractivity (Wildman–Crippen MR) is 152 cm³/mol. The van der Waals surface area contributed by atoms with Gasteiger partial charge in [0.15, 0.2) is 0 Å². The molecule has 36 heavy (non-hydrogen) atoms. The van der Waals surface area contributed by atoms with Crippen LogP contribution in [-0.2, 0) is 12.8 Å². The zero-order chi connectivity index (χ0) is 24.8. The number of pyridine rings is 2. The molecule has 0 N–H and O–H groups in total. The van der Waals surface area contributed by atoms with Crippen LogP contribution >= 0.6 is 23.6 Å². The Labute approximate surface area is 220 Å². The third-order valence-electron chi connectivity index (χ3n) is 5.01. The lowest BCUT2D eigenvalue weighted by Gasteiger charge is -2.00. The molecule has 0 aliphatic heterocycles. The van der Waals surface area contributed by atoms with Crippen molar-refractivity contribution in [3.8, 4) is 10.6 Å². The van der Waals surface area contributed by atoms with Crippen LogP contribution in [0.15, 0.2) is 115 Å². The lowest BCUT2D eigenvalue weighted by atomic mass is 10.1. The minimum Gasteiger partial charge on any atom is -0.287 e. The maximum Gasteiger partial charge on any atom is 0.149 e. The summed E-state index contributed by atoms with van der Waals surface area (Å²) in [7, 11) is 0. The fraction of sp³-hybridized carbons (Fsp3) is 0.103. The molecule has 0 aliphatic rings. The maximum atomic E-state index is 5.32. The molecule has 0 atom stereocenters. The summed E-state index contributed by atoms with van der Waals surface area (Å²) in [5.41, 5.74) is 4.51. The fourth-order valence-electron chi connectivity index (χ4n) is 3.29. The number of rotatable bonds is 8. The highest BCUT2D eigenvalue weighted by Gasteiger charge is 2.07. The van der Waals surface area contributed by atoms with Gasteiger partial charge in [0.1, 0.15) is 10.0 Å². The first-order chi connectivity index (χ1) is 17.8. The van der Waals surface area contributed by atoms with E-state index in [1.807, 2.05) is 73.1 Å². The van der Waals surface area contributed by atoms with E-state index in [0.29, 0.717) is 6.54 Å². The molecule has 178 valence electrons. The van der Waals surface area contributed by atoms with Gasteiger partial charge in [0, 0.05) is 59.8 Å². The van der Waals surface area contributed by atoms with Gasteiger partial charge in [0.2, 0.25) is 0 Å². The first-order valence-corrected chi connectivity index (χ1v) is 12.7. The quantitative estimate of drug-likeness (QED) is 0.182. The van der Waals surface area contributed by atoms with Gasteiger partial charge in [-0.3, -0.25) is 15.0 Å². The molecule has 0 saturated heterocycles. The second kappa shape index (κ2) is 13.8. The third-order valence-corrected chi connectivity index (χ3v) is 6.26. The monoisotopic (exact) mass is 507 g/mol. The van der Waals surface area contributed by atoms with Crippen LogP contribution in [0.3, 0.4) is 0 Å². The molecule has 0 radical (unpaired) electrons. The van der Waals surface area contributed by atoms with Crippen LogP contribution in [0, 0.1) is 0 Å². The van der Waals surface area contributed by atoms with Crippen LogP contribution in [0.5, 0.6) is 0 Å². The zero-order valence-corrected chi connectivity index (χ0v) is 21.3. The molecule has 0 fully saturated rings. The number of thiocarbonyl (C=S) groups is 1. The largest absolute Gasteiger partial charge is 0.287 e. The molecule has 0 spiro atoms. The molecule has 0 aliphatic carbocycles. The summed E-state index contributed by atoms with van der Waals surface area (Å²) in [6, 6.07) is 28.3. The molecule has 5 nitrogen and oxygen atoms in total. The van der Waals surface area contributed by atoms with Gasteiger partial charge < -0.3 is 0 Å². The lowest BCUT2D eigenvalue weighted by Crippen LogP contribution is -2.04. The first-order valence-electron chi connectivity index (χ1n) is 11.5. The van der Waals surface area contributed by atoms with Crippen LogP contribution in [0.4, 0.5) is 0 Å². The highest BCUT2D eigenvalue weighted by atomic mass is 32.1. The summed E-state index contributed by atoms with van der Waals surface area (Å²) >= 11 is 6.94. The Morgan fingerprint density at radius 3 is 2.14 bits per heavy atom. The standard InChI is InChI=1S/C15H14N2S.C14H11N3S/c18-15(9-13-5-2-1-3-6-13)12-17-11-14-7-4-8-16-10-14;1-2-5-11(6-3-1)9-13-16-17-14(18-13)12-7-4-8-15-10-12/h1-8,10-11H,9,12H2;1-8,10H,9H2. The van der Waals surface area contributed by atoms with E-state index in [1.165, 1.54) is 11.1 Å². The van der Waals surface area contributed by atoms with E-state index in [0.717, 1.165) is 38.8 Å². The van der Waals surface area contributed by atoms with E-state index < -0.39 is 0 Å². The Balaban J connectivity index is 0.000000169. The van der Waals surface area contributed by atoms with Crippen LogP contribution in [0.25, 0.3) is 10.6 Å². The highest BCUT2D eigenvalue weighted by Crippen LogP contribution is 2.23. The first kappa shape index (κ1) is 25.2. The van der Waals surface area contributed by atoms with Gasteiger partial charge in [0.05, 0.1) is 6.54 Å². The lowest BCUT2D eigenvalue weighted by molar-refractivity contribution is 1.01. The molecule has 5 rings (SSSR count). The van der Waals surface area contributed by atoms with E-state index in [9.17, 15) is 0 Å². The number of nitrogens with zero attached hydrogens (tertiary/aromatic N) is 5. The third kappa shape index (κ3) is 8.37. The zero-order valence-electron chi connectivity index (χ0n) is 19.6. The van der Waals surface area contributed by atoms with Crippen LogP contribution in [-0.4, -0.2) is 37.8 Å². The van der Waals surface area contributed by atoms with Crippen LogP contribution in [0.1, 0.15) is 21.7 Å². The van der Waals surface area contributed by atoms with E-state index >= 15 is 0 Å². The average molecular weight is 508 g/mol. The van der Waals surface area contributed by atoms with Gasteiger partial charge in [0.25, 0.3) is 0 Å². The Morgan fingerprint density at radius 1 is 0.778 bits per heavy atom. The minimum absolute atomic E-state index is 0.582. The van der Waals surface area contributed by atoms with Crippen molar-refractivity contribution < 1.29 is 0 Å². The molecule has 0 amide bonds.